The highest BCUT2D eigenvalue weighted by atomic mass is 19.3. The Bertz CT molecular complexity index is 922. The second-order valence-corrected chi connectivity index (χ2v) is 7.11. The van der Waals surface area contributed by atoms with Gasteiger partial charge in [0.1, 0.15) is 5.75 Å². The molecule has 3 nitrogen and oxygen atoms in total. The molecule has 0 bridgehead atoms. The molecule has 1 N–H and O–H groups in total. The lowest BCUT2D eigenvalue weighted by Crippen LogP contribution is -2.18. The molecule has 1 aliphatic heterocycles. The number of nitrogens with one attached hydrogen (secondary N) is 1. The third kappa shape index (κ3) is 4.25. The summed E-state index contributed by atoms with van der Waals surface area (Å²) >= 11 is 0. The summed E-state index contributed by atoms with van der Waals surface area (Å²) < 4.78 is 30.4. The lowest BCUT2D eigenvalue weighted by Gasteiger charge is -2.18. The van der Waals surface area contributed by atoms with Gasteiger partial charge in [-0.25, -0.2) is 0 Å². The van der Waals surface area contributed by atoms with E-state index in [1.165, 1.54) is 24.1 Å². The van der Waals surface area contributed by atoms with Gasteiger partial charge < -0.3 is 15.0 Å². The van der Waals surface area contributed by atoms with Gasteiger partial charge in [0.2, 0.25) is 0 Å². The molecule has 4 rings (SSSR count). The number of rotatable bonds is 7. The topological polar surface area (TPSA) is 24.5 Å². The SMILES string of the molecule is FC(F)Oc1ccc2ccccc2c1CNCc1ccc(N2CCCC2)cc1. The molecule has 0 unspecified atom stereocenters. The molecule has 28 heavy (non-hydrogen) atoms. The fourth-order valence-corrected chi connectivity index (χ4v) is 3.84. The summed E-state index contributed by atoms with van der Waals surface area (Å²) in [5.74, 6) is 0.227. The van der Waals surface area contributed by atoms with E-state index in [2.05, 4.69) is 34.5 Å². The summed E-state index contributed by atoms with van der Waals surface area (Å²) in [5, 5.41) is 5.31. The number of anilines is 1. The largest absolute Gasteiger partial charge is 0.434 e. The first kappa shape index (κ1) is 18.7. The van der Waals surface area contributed by atoms with Crippen LogP contribution in [0.3, 0.4) is 0 Å². The maximum Gasteiger partial charge on any atom is 0.387 e. The first-order chi connectivity index (χ1) is 13.7. The fourth-order valence-electron chi connectivity index (χ4n) is 3.84. The molecule has 0 spiro atoms. The first-order valence-corrected chi connectivity index (χ1v) is 9.71. The van der Waals surface area contributed by atoms with E-state index in [0.29, 0.717) is 13.1 Å². The molecule has 5 heteroatoms. The smallest absolute Gasteiger partial charge is 0.387 e. The van der Waals surface area contributed by atoms with Crippen LogP contribution in [-0.2, 0) is 13.1 Å². The van der Waals surface area contributed by atoms with Crippen molar-refractivity contribution in [2.75, 3.05) is 18.0 Å². The molecular weight excluding hydrogens is 358 g/mol. The molecule has 146 valence electrons. The molecule has 0 radical (unpaired) electrons. The van der Waals surface area contributed by atoms with Crippen LogP contribution in [0.4, 0.5) is 14.5 Å². The molecule has 3 aromatic rings. The zero-order valence-corrected chi connectivity index (χ0v) is 15.7. The van der Waals surface area contributed by atoms with E-state index in [1.807, 2.05) is 30.3 Å². The van der Waals surface area contributed by atoms with Crippen LogP contribution in [0.15, 0.2) is 60.7 Å². The van der Waals surface area contributed by atoms with Crippen molar-refractivity contribution in [1.29, 1.82) is 0 Å². The minimum absolute atomic E-state index is 0.227. The zero-order chi connectivity index (χ0) is 19.3. The number of benzene rings is 3. The standard InChI is InChI=1S/C23H24F2N2O/c24-23(25)28-22-12-9-18-5-1-2-6-20(18)21(22)16-26-15-17-7-10-19(11-8-17)27-13-3-4-14-27/h1-2,5-12,23,26H,3-4,13-16H2. The minimum Gasteiger partial charge on any atom is -0.434 e. The summed E-state index contributed by atoms with van der Waals surface area (Å²) in [6.45, 7) is 0.546. The quantitative estimate of drug-likeness (QED) is 0.598. The van der Waals surface area contributed by atoms with Crippen LogP contribution in [-0.4, -0.2) is 19.7 Å². The van der Waals surface area contributed by atoms with E-state index in [9.17, 15) is 8.78 Å². The van der Waals surface area contributed by atoms with Crippen molar-refractivity contribution < 1.29 is 13.5 Å². The Morgan fingerprint density at radius 1 is 0.893 bits per heavy atom. The number of hydrogen-bond donors (Lipinski definition) is 1. The fraction of sp³-hybridized carbons (Fsp3) is 0.304. The third-order valence-corrected chi connectivity index (χ3v) is 5.25. The Kier molecular flexibility index (Phi) is 5.72. The van der Waals surface area contributed by atoms with Gasteiger partial charge in [0.15, 0.2) is 0 Å². The van der Waals surface area contributed by atoms with Gasteiger partial charge in [-0.1, -0.05) is 42.5 Å². The van der Waals surface area contributed by atoms with E-state index in [-0.39, 0.29) is 5.75 Å². The monoisotopic (exact) mass is 382 g/mol. The van der Waals surface area contributed by atoms with E-state index >= 15 is 0 Å². The summed E-state index contributed by atoms with van der Waals surface area (Å²) in [4.78, 5) is 2.40. The third-order valence-electron chi connectivity index (χ3n) is 5.25. The minimum atomic E-state index is -2.84. The van der Waals surface area contributed by atoms with Gasteiger partial charge in [-0.15, -0.1) is 0 Å². The number of fused-ring (bicyclic) bond motifs is 1. The molecule has 0 aliphatic carbocycles. The lowest BCUT2D eigenvalue weighted by molar-refractivity contribution is -0.0503. The summed E-state index contributed by atoms with van der Waals surface area (Å²) in [6, 6.07) is 19.8. The van der Waals surface area contributed by atoms with E-state index in [0.717, 1.165) is 29.4 Å². The lowest BCUT2D eigenvalue weighted by atomic mass is 10.0. The zero-order valence-electron chi connectivity index (χ0n) is 15.7. The van der Waals surface area contributed by atoms with Crippen LogP contribution in [0.25, 0.3) is 10.8 Å². The van der Waals surface area contributed by atoms with Crippen molar-refractivity contribution >= 4 is 16.5 Å². The van der Waals surface area contributed by atoms with Crippen molar-refractivity contribution in [2.24, 2.45) is 0 Å². The number of alkyl halides is 2. The highest BCUT2D eigenvalue weighted by molar-refractivity contribution is 5.87. The Balaban J connectivity index is 1.46. The van der Waals surface area contributed by atoms with Crippen molar-refractivity contribution in [1.82, 2.24) is 5.32 Å². The van der Waals surface area contributed by atoms with Crippen molar-refractivity contribution in [3.8, 4) is 5.75 Å². The van der Waals surface area contributed by atoms with Crippen molar-refractivity contribution in [2.45, 2.75) is 32.5 Å². The Hall–Kier alpha value is -2.66. The summed E-state index contributed by atoms with van der Waals surface area (Å²) in [6.07, 6.45) is 2.52. The van der Waals surface area contributed by atoms with Gasteiger partial charge in [-0.2, -0.15) is 8.78 Å². The predicted molar refractivity (Wildman–Crippen MR) is 109 cm³/mol. The molecule has 0 aromatic heterocycles. The summed E-state index contributed by atoms with van der Waals surface area (Å²) in [7, 11) is 0. The molecule has 3 aromatic carbocycles. The summed E-state index contributed by atoms with van der Waals surface area (Å²) in [5.41, 5.74) is 3.19. The van der Waals surface area contributed by atoms with Gasteiger partial charge in [0, 0.05) is 37.4 Å². The van der Waals surface area contributed by atoms with Crippen LogP contribution >= 0.6 is 0 Å². The van der Waals surface area contributed by atoms with Gasteiger partial charge in [-0.3, -0.25) is 0 Å². The maximum absolute atomic E-state index is 12.8. The maximum atomic E-state index is 12.8. The molecule has 1 fully saturated rings. The van der Waals surface area contributed by atoms with Gasteiger partial charge in [0.05, 0.1) is 0 Å². The Morgan fingerprint density at radius 2 is 1.64 bits per heavy atom. The average molecular weight is 382 g/mol. The molecule has 0 saturated carbocycles. The molecular formula is C23H24F2N2O. The molecule has 0 atom stereocenters. The van der Waals surface area contributed by atoms with Gasteiger partial charge in [0.25, 0.3) is 0 Å². The number of halogens is 2. The van der Waals surface area contributed by atoms with E-state index in [4.69, 9.17) is 4.74 Å². The van der Waals surface area contributed by atoms with Gasteiger partial charge >= 0.3 is 6.61 Å². The second-order valence-electron chi connectivity index (χ2n) is 7.11. The van der Waals surface area contributed by atoms with Gasteiger partial charge in [-0.05, 0) is 47.4 Å². The number of nitrogens with zero attached hydrogens (tertiary/aromatic N) is 1. The Morgan fingerprint density at radius 3 is 2.39 bits per heavy atom. The molecule has 1 heterocycles. The highest BCUT2D eigenvalue weighted by Gasteiger charge is 2.14. The molecule has 0 amide bonds. The van der Waals surface area contributed by atoms with E-state index in [1.54, 1.807) is 6.07 Å². The highest BCUT2D eigenvalue weighted by Crippen LogP contribution is 2.29. The second kappa shape index (κ2) is 8.57. The Labute approximate surface area is 163 Å². The molecule has 1 aliphatic rings. The first-order valence-electron chi connectivity index (χ1n) is 9.71. The van der Waals surface area contributed by atoms with Crippen LogP contribution < -0.4 is 15.0 Å². The van der Waals surface area contributed by atoms with Crippen LogP contribution in [0, 0.1) is 0 Å². The number of ether oxygens (including phenoxy) is 1. The van der Waals surface area contributed by atoms with Crippen molar-refractivity contribution in [3.05, 3.63) is 71.8 Å². The molecule has 1 saturated heterocycles. The number of hydrogen-bond acceptors (Lipinski definition) is 3. The van der Waals surface area contributed by atoms with Crippen LogP contribution in [0.2, 0.25) is 0 Å². The average Bonchev–Trinajstić information content (AvgIpc) is 3.24. The van der Waals surface area contributed by atoms with Crippen molar-refractivity contribution in [3.63, 3.8) is 0 Å². The van der Waals surface area contributed by atoms with E-state index < -0.39 is 6.61 Å². The normalized spacial score (nSPS) is 14.2. The predicted octanol–water partition coefficient (Wildman–Crippen LogP) is 5.33. The van der Waals surface area contributed by atoms with Crippen LogP contribution in [0.1, 0.15) is 24.0 Å². The van der Waals surface area contributed by atoms with Crippen LogP contribution in [0.5, 0.6) is 5.75 Å².